The molecule has 0 aliphatic carbocycles. The number of nitrogens with one attached hydrogen (secondary N) is 3. The number of esters is 1. The fraction of sp³-hybridized carbons (Fsp3) is 0.273. The van der Waals surface area contributed by atoms with Gasteiger partial charge in [-0.2, -0.15) is 0 Å². The molecule has 1 fully saturated rings. The molecule has 0 saturated carbocycles. The number of fused-ring (bicyclic) bond motifs is 1. The molecular weight excluding hydrogens is 576 g/mol. The van der Waals surface area contributed by atoms with Crippen LogP contribution in [0.1, 0.15) is 52.4 Å². The molecule has 5 rings (SSSR count). The number of carbonyl (C=O) groups is 3. The Kier molecular flexibility index (Phi) is 9.83. The second-order valence-electron chi connectivity index (χ2n) is 10.5. The van der Waals surface area contributed by atoms with Crippen LogP contribution in [0.5, 0.6) is 5.75 Å². The van der Waals surface area contributed by atoms with Gasteiger partial charge in [-0.05, 0) is 61.2 Å². The number of carbonyl (C=O) groups excluding carboxylic acids is 3. The smallest absolute Gasteiger partial charge is 0.415 e. The Morgan fingerprint density at radius 2 is 1.76 bits per heavy atom. The Hall–Kier alpha value is -5.52. The number of amides is 2. The predicted molar refractivity (Wildman–Crippen MR) is 167 cm³/mol. The summed E-state index contributed by atoms with van der Waals surface area (Å²) in [5, 5.41) is 14.9. The van der Waals surface area contributed by atoms with Gasteiger partial charge in [-0.3, -0.25) is 20.3 Å². The number of likely N-dealkylation sites (tertiary alicyclic amines) is 1. The highest BCUT2D eigenvalue weighted by atomic mass is 16.7. The largest absolute Gasteiger partial charge is 0.489 e. The zero-order chi connectivity index (χ0) is 31.8. The van der Waals surface area contributed by atoms with Crippen LogP contribution in [0.3, 0.4) is 0 Å². The van der Waals surface area contributed by atoms with Crippen LogP contribution >= 0.6 is 0 Å². The zero-order valence-electron chi connectivity index (χ0n) is 25.1. The Labute approximate surface area is 260 Å². The van der Waals surface area contributed by atoms with E-state index in [4.69, 9.17) is 14.9 Å². The summed E-state index contributed by atoms with van der Waals surface area (Å²) in [5.74, 6) is 0.363. The highest BCUT2D eigenvalue weighted by Gasteiger charge is 2.22. The lowest BCUT2D eigenvalue weighted by Gasteiger charge is -2.18. The molecule has 4 aromatic rings. The number of benzene rings is 3. The van der Waals surface area contributed by atoms with Crippen molar-refractivity contribution in [3.8, 4) is 5.75 Å². The number of anilines is 1. The second kappa shape index (κ2) is 14.3. The van der Waals surface area contributed by atoms with Gasteiger partial charge in [0.25, 0.3) is 5.91 Å². The molecule has 3 N–H and O–H groups in total. The number of hydrogen-bond acceptors (Lipinski definition) is 10. The summed E-state index contributed by atoms with van der Waals surface area (Å²) in [6.07, 6.45) is 2.55. The van der Waals surface area contributed by atoms with Crippen molar-refractivity contribution in [3.63, 3.8) is 0 Å². The van der Waals surface area contributed by atoms with E-state index in [1.54, 1.807) is 18.2 Å². The molecule has 0 radical (unpaired) electrons. The van der Waals surface area contributed by atoms with Gasteiger partial charge in [0.2, 0.25) is 6.79 Å². The molecule has 232 valence electrons. The molecule has 1 aliphatic rings. The number of alkyl carbamates (subject to hydrolysis) is 1. The molecule has 3 aromatic carbocycles. The minimum absolute atomic E-state index is 0.0170. The summed E-state index contributed by atoms with van der Waals surface area (Å²) in [7, 11) is 0. The number of hydrogen-bond donors (Lipinski definition) is 3. The zero-order valence-corrected chi connectivity index (χ0v) is 25.1. The molecule has 1 aromatic heterocycles. The first kappa shape index (κ1) is 30.9. The van der Waals surface area contributed by atoms with E-state index in [0.29, 0.717) is 40.4 Å². The van der Waals surface area contributed by atoms with Crippen molar-refractivity contribution in [3.05, 3.63) is 94.8 Å². The van der Waals surface area contributed by atoms with Crippen LogP contribution in [0.25, 0.3) is 10.9 Å². The maximum Gasteiger partial charge on any atom is 0.415 e. The molecule has 0 atom stereocenters. The second-order valence-corrected chi connectivity index (χ2v) is 10.5. The van der Waals surface area contributed by atoms with Crippen molar-refractivity contribution < 1.29 is 28.6 Å². The Balaban J connectivity index is 1.36. The topological polar surface area (TPSA) is 156 Å². The molecule has 0 spiro atoms. The molecular formula is C33H34N6O6. The third-order valence-electron chi connectivity index (χ3n) is 7.32. The Morgan fingerprint density at radius 1 is 0.978 bits per heavy atom. The lowest BCUT2D eigenvalue weighted by molar-refractivity contribution is -0.148. The maximum atomic E-state index is 13.1. The monoisotopic (exact) mass is 610 g/mol. The summed E-state index contributed by atoms with van der Waals surface area (Å²) in [6.45, 7) is 4.67. The number of ether oxygens (including phenoxy) is 3. The maximum absolute atomic E-state index is 13.1. The Bertz CT molecular complexity index is 1720. The van der Waals surface area contributed by atoms with Crippen molar-refractivity contribution in [2.45, 2.75) is 39.8 Å². The van der Waals surface area contributed by atoms with E-state index in [1.807, 2.05) is 54.3 Å². The summed E-state index contributed by atoms with van der Waals surface area (Å²) in [5.41, 5.74) is 4.21. The summed E-state index contributed by atoms with van der Waals surface area (Å²) >= 11 is 0. The van der Waals surface area contributed by atoms with Gasteiger partial charge >= 0.3 is 12.1 Å². The van der Waals surface area contributed by atoms with E-state index in [0.717, 1.165) is 42.4 Å². The number of amidine groups is 1. The number of aromatic nitrogens is 2. The van der Waals surface area contributed by atoms with Gasteiger partial charge in [-0.1, -0.05) is 30.3 Å². The third kappa shape index (κ3) is 7.91. The van der Waals surface area contributed by atoms with Crippen molar-refractivity contribution in [2.75, 3.05) is 25.2 Å². The van der Waals surface area contributed by atoms with Crippen LogP contribution < -0.4 is 15.4 Å². The quantitative estimate of drug-likeness (QED) is 0.0980. The predicted octanol–water partition coefficient (Wildman–Crippen LogP) is 4.94. The van der Waals surface area contributed by atoms with Crippen LogP contribution in [0, 0.1) is 12.3 Å². The highest BCUT2D eigenvalue weighted by Crippen LogP contribution is 2.28. The normalized spacial score (nSPS) is 12.4. The molecule has 0 unspecified atom stereocenters. The molecule has 2 amide bonds. The van der Waals surface area contributed by atoms with Gasteiger partial charge in [0.05, 0.1) is 5.52 Å². The minimum Gasteiger partial charge on any atom is -0.489 e. The van der Waals surface area contributed by atoms with Crippen LogP contribution in [0.15, 0.2) is 67.0 Å². The van der Waals surface area contributed by atoms with Crippen molar-refractivity contribution in [1.82, 2.24) is 20.2 Å². The van der Waals surface area contributed by atoms with Crippen molar-refractivity contribution in [1.29, 1.82) is 5.41 Å². The van der Waals surface area contributed by atoms with Gasteiger partial charge in [-0.15, -0.1) is 0 Å². The van der Waals surface area contributed by atoms with Gasteiger partial charge in [0.15, 0.2) is 0 Å². The lowest BCUT2D eigenvalue weighted by atomic mass is 10.0. The molecule has 1 aliphatic heterocycles. The van der Waals surface area contributed by atoms with E-state index in [9.17, 15) is 14.4 Å². The van der Waals surface area contributed by atoms with Gasteiger partial charge in [0.1, 0.15) is 30.3 Å². The first-order chi connectivity index (χ1) is 21.8. The number of rotatable bonds is 10. The highest BCUT2D eigenvalue weighted by molar-refractivity contribution is 6.05. The van der Waals surface area contributed by atoms with Gasteiger partial charge < -0.3 is 24.4 Å². The molecule has 2 heterocycles. The average molecular weight is 611 g/mol. The van der Waals surface area contributed by atoms with Crippen LogP contribution in [-0.2, 0) is 27.4 Å². The standard InChI is InChI=1S/C33H34N6O6/c1-21-14-27-28(16-26(21)32(41)39-12-6-7-13-39)36-19-37-31(27)35-17-25-15-24(30(34)38-33(42)45-20-44-22(2)40)10-11-29(25)43-18-23-8-4-3-5-9-23/h3-5,8-11,14-16,19H,6-7,12-13,17-18,20H2,1-2H3,(H2,34,38,42)(H,35,36,37). The van der Waals surface area contributed by atoms with Crippen LogP contribution in [-0.4, -0.2) is 58.6 Å². The fourth-order valence-electron chi connectivity index (χ4n) is 4.98. The first-order valence-corrected chi connectivity index (χ1v) is 14.5. The molecule has 45 heavy (non-hydrogen) atoms. The van der Waals surface area contributed by atoms with Gasteiger partial charge in [-0.25, -0.2) is 14.8 Å². The van der Waals surface area contributed by atoms with Crippen LogP contribution in [0.2, 0.25) is 0 Å². The summed E-state index contributed by atoms with van der Waals surface area (Å²) < 4.78 is 15.5. The van der Waals surface area contributed by atoms with Crippen molar-refractivity contribution in [2.24, 2.45) is 0 Å². The fourth-order valence-corrected chi connectivity index (χ4v) is 4.98. The van der Waals surface area contributed by atoms with Crippen molar-refractivity contribution >= 4 is 40.5 Å². The van der Waals surface area contributed by atoms with E-state index >= 15 is 0 Å². The SMILES string of the molecule is CC(=O)OCOC(=O)NC(=N)c1ccc(OCc2ccccc2)c(CNc2ncnc3cc(C(=O)N4CCCC4)c(C)cc23)c1. The Morgan fingerprint density at radius 3 is 2.51 bits per heavy atom. The third-order valence-corrected chi connectivity index (χ3v) is 7.32. The first-order valence-electron chi connectivity index (χ1n) is 14.5. The lowest BCUT2D eigenvalue weighted by Crippen LogP contribution is -2.32. The van der Waals surface area contributed by atoms with Crippen LogP contribution in [0.4, 0.5) is 10.6 Å². The number of nitrogens with zero attached hydrogens (tertiary/aromatic N) is 3. The molecule has 12 heteroatoms. The molecule has 1 saturated heterocycles. The molecule has 12 nitrogen and oxygen atoms in total. The average Bonchev–Trinajstić information content (AvgIpc) is 3.58. The number of aryl methyl sites for hydroxylation is 1. The van der Waals surface area contributed by atoms with E-state index in [-0.39, 0.29) is 18.3 Å². The molecule has 0 bridgehead atoms. The van der Waals surface area contributed by atoms with E-state index in [1.165, 1.54) is 13.3 Å². The van der Waals surface area contributed by atoms with Gasteiger partial charge in [0, 0.05) is 48.6 Å². The minimum atomic E-state index is -0.935. The van der Waals surface area contributed by atoms with E-state index in [2.05, 4.69) is 25.3 Å². The summed E-state index contributed by atoms with van der Waals surface area (Å²) in [4.78, 5) is 46.9. The van der Waals surface area contributed by atoms with E-state index < -0.39 is 18.9 Å². The summed E-state index contributed by atoms with van der Waals surface area (Å²) in [6, 6.07) is 18.6.